The molecule has 130 valence electrons. The number of benzene rings is 1. The van der Waals surface area contributed by atoms with Gasteiger partial charge in [0.15, 0.2) is 5.76 Å². The lowest BCUT2D eigenvalue weighted by molar-refractivity contribution is -0.132. The summed E-state index contributed by atoms with van der Waals surface area (Å²) in [4.78, 5) is 29.2. The third kappa shape index (κ3) is 3.06. The van der Waals surface area contributed by atoms with Crippen LogP contribution in [0.4, 0.5) is 0 Å². The van der Waals surface area contributed by atoms with Crippen LogP contribution in [0.25, 0.3) is 0 Å². The average molecular weight is 338 g/mol. The van der Waals surface area contributed by atoms with Crippen LogP contribution in [0.3, 0.4) is 0 Å². The van der Waals surface area contributed by atoms with Crippen molar-refractivity contribution in [1.29, 1.82) is 0 Å². The second kappa shape index (κ2) is 6.75. The van der Waals surface area contributed by atoms with Crippen LogP contribution in [0.15, 0.2) is 47.1 Å². The highest BCUT2D eigenvalue weighted by Gasteiger charge is 2.32. The first-order valence-electron chi connectivity index (χ1n) is 8.93. The number of aryl methyl sites for hydroxylation is 1. The second-order valence-corrected chi connectivity index (χ2v) is 6.74. The fourth-order valence-electron chi connectivity index (χ4n) is 3.93. The predicted molar refractivity (Wildman–Crippen MR) is 93.3 cm³/mol. The van der Waals surface area contributed by atoms with Crippen molar-refractivity contribution in [3.8, 4) is 0 Å². The lowest BCUT2D eigenvalue weighted by atomic mass is 10.00. The summed E-state index contributed by atoms with van der Waals surface area (Å²) >= 11 is 0. The van der Waals surface area contributed by atoms with E-state index in [1.807, 2.05) is 17.0 Å². The molecule has 1 fully saturated rings. The second-order valence-electron chi connectivity index (χ2n) is 6.74. The zero-order valence-electron chi connectivity index (χ0n) is 14.2. The topological polar surface area (TPSA) is 53.8 Å². The van der Waals surface area contributed by atoms with Crippen LogP contribution < -0.4 is 0 Å². The van der Waals surface area contributed by atoms with Gasteiger partial charge in [0, 0.05) is 26.2 Å². The summed E-state index contributed by atoms with van der Waals surface area (Å²) in [5.74, 6) is 0.454. The van der Waals surface area contributed by atoms with Gasteiger partial charge in [-0.3, -0.25) is 9.59 Å². The number of fused-ring (bicyclic) bond motifs is 1. The Bertz CT molecular complexity index is 769. The number of hydrogen-bond donors (Lipinski definition) is 0. The SMILES string of the molecule is O=C(c1ccco1)N1CCCN(C(=O)C2CCc3ccccc32)CC1. The molecule has 0 spiro atoms. The van der Waals surface area contributed by atoms with Crippen molar-refractivity contribution in [2.75, 3.05) is 26.2 Å². The fourth-order valence-corrected chi connectivity index (χ4v) is 3.93. The van der Waals surface area contributed by atoms with Crippen molar-refractivity contribution in [1.82, 2.24) is 9.80 Å². The Kier molecular flexibility index (Phi) is 4.30. The Morgan fingerprint density at radius 3 is 2.60 bits per heavy atom. The van der Waals surface area contributed by atoms with Crippen LogP contribution in [0.5, 0.6) is 0 Å². The summed E-state index contributed by atoms with van der Waals surface area (Å²) in [6, 6.07) is 11.7. The summed E-state index contributed by atoms with van der Waals surface area (Å²) in [6.07, 6.45) is 4.18. The highest BCUT2D eigenvalue weighted by atomic mass is 16.3. The monoisotopic (exact) mass is 338 g/mol. The summed E-state index contributed by atoms with van der Waals surface area (Å²) in [5, 5.41) is 0. The van der Waals surface area contributed by atoms with Crippen molar-refractivity contribution in [3.63, 3.8) is 0 Å². The minimum atomic E-state index is -0.0921. The minimum Gasteiger partial charge on any atom is -0.459 e. The van der Waals surface area contributed by atoms with Gasteiger partial charge in [-0.1, -0.05) is 24.3 Å². The zero-order valence-corrected chi connectivity index (χ0v) is 14.2. The molecule has 1 unspecified atom stereocenters. The molecule has 1 atom stereocenters. The standard InChI is InChI=1S/C20H22N2O3/c23-19(17-9-8-15-5-1-2-6-16(15)17)21-10-4-11-22(13-12-21)20(24)18-7-3-14-25-18/h1-3,5-7,14,17H,4,8-13H2. The summed E-state index contributed by atoms with van der Waals surface area (Å²) < 4.78 is 5.21. The molecule has 1 aromatic heterocycles. The molecule has 1 aliphatic carbocycles. The number of rotatable bonds is 2. The summed E-state index contributed by atoms with van der Waals surface area (Å²) in [6.45, 7) is 2.51. The fraction of sp³-hybridized carbons (Fsp3) is 0.400. The Labute approximate surface area is 147 Å². The van der Waals surface area contributed by atoms with Gasteiger partial charge in [0.1, 0.15) is 0 Å². The molecule has 2 aromatic rings. The van der Waals surface area contributed by atoms with Crippen molar-refractivity contribution in [3.05, 3.63) is 59.5 Å². The van der Waals surface area contributed by atoms with Crippen LogP contribution in [0.2, 0.25) is 0 Å². The molecular formula is C20H22N2O3. The maximum Gasteiger partial charge on any atom is 0.289 e. The van der Waals surface area contributed by atoms with Gasteiger partial charge in [-0.05, 0) is 42.5 Å². The van der Waals surface area contributed by atoms with Crippen molar-refractivity contribution >= 4 is 11.8 Å². The minimum absolute atomic E-state index is 0.0245. The molecule has 0 bridgehead atoms. The van der Waals surface area contributed by atoms with E-state index in [0.717, 1.165) is 19.3 Å². The van der Waals surface area contributed by atoms with E-state index in [0.29, 0.717) is 31.9 Å². The molecule has 5 heteroatoms. The first kappa shape index (κ1) is 15.9. The number of amides is 2. The van der Waals surface area contributed by atoms with E-state index in [-0.39, 0.29) is 17.7 Å². The maximum absolute atomic E-state index is 13.0. The van der Waals surface area contributed by atoms with E-state index in [1.54, 1.807) is 17.0 Å². The number of carbonyl (C=O) groups excluding carboxylic acids is 2. The number of hydrogen-bond acceptors (Lipinski definition) is 3. The Balaban J connectivity index is 1.43. The van der Waals surface area contributed by atoms with Gasteiger partial charge >= 0.3 is 0 Å². The van der Waals surface area contributed by atoms with Crippen LogP contribution in [0, 0.1) is 0 Å². The zero-order chi connectivity index (χ0) is 17.2. The van der Waals surface area contributed by atoms with E-state index in [2.05, 4.69) is 12.1 Å². The Hall–Kier alpha value is -2.56. The van der Waals surface area contributed by atoms with Gasteiger partial charge in [-0.2, -0.15) is 0 Å². The van der Waals surface area contributed by atoms with Gasteiger partial charge in [-0.25, -0.2) is 0 Å². The Morgan fingerprint density at radius 1 is 0.960 bits per heavy atom. The molecule has 2 heterocycles. The smallest absolute Gasteiger partial charge is 0.289 e. The molecule has 25 heavy (non-hydrogen) atoms. The van der Waals surface area contributed by atoms with Gasteiger partial charge in [0.2, 0.25) is 5.91 Å². The van der Waals surface area contributed by atoms with E-state index in [1.165, 1.54) is 17.4 Å². The highest BCUT2D eigenvalue weighted by Crippen LogP contribution is 2.34. The molecule has 0 N–H and O–H groups in total. The predicted octanol–water partition coefficient (Wildman–Crippen LogP) is 2.68. The third-order valence-corrected chi connectivity index (χ3v) is 5.26. The van der Waals surface area contributed by atoms with Crippen LogP contribution >= 0.6 is 0 Å². The first-order chi connectivity index (χ1) is 12.2. The van der Waals surface area contributed by atoms with Crippen molar-refractivity contribution in [2.24, 2.45) is 0 Å². The van der Waals surface area contributed by atoms with Crippen LogP contribution in [0.1, 0.15) is 40.4 Å². The van der Waals surface area contributed by atoms with Crippen LogP contribution in [-0.2, 0) is 11.2 Å². The summed E-state index contributed by atoms with van der Waals surface area (Å²) in [7, 11) is 0. The average Bonchev–Trinajstić information content (AvgIpc) is 3.25. The van der Waals surface area contributed by atoms with Gasteiger partial charge in [0.05, 0.1) is 12.2 Å². The van der Waals surface area contributed by atoms with Crippen LogP contribution in [-0.4, -0.2) is 47.8 Å². The molecule has 5 nitrogen and oxygen atoms in total. The van der Waals surface area contributed by atoms with E-state index < -0.39 is 0 Å². The van der Waals surface area contributed by atoms with Gasteiger partial charge in [0.25, 0.3) is 5.91 Å². The molecule has 1 aromatic carbocycles. The quantitative estimate of drug-likeness (QED) is 0.846. The first-order valence-corrected chi connectivity index (χ1v) is 8.93. The normalized spacial score (nSPS) is 20.2. The molecule has 4 rings (SSSR count). The number of nitrogens with zero attached hydrogens (tertiary/aromatic N) is 2. The third-order valence-electron chi connectivity index (χ3n) is 5.26. The largest absolute Gasteiger partial charge is 0.459 e. The highest BCUT2D eigenvalue weighted by molar-refractivity contribution is 5.91. The number of furan rings is 1. The van der Waals surface area contributed by atoms with Crippen molar-refractivity contribution < 1.29 is 14.0 Å². The van der Waals surface area contributed by atoms with E-state index in [9.17, 15) is 9.59 Å². The molecule has 1 saturated heterocycles. The lowest BCUT2D eigenvalue weighted by Gasteiger charge is -2.25. The number of carbonyl (C=O) groups is 2. The molecule has 0 radical (unpaired) electrons. The maximum atomic E-state index is 13.0. The van der Waals surface area contributed by atoms with Crippen molar-refractivity contribution in [2.45, 2.75) is 25.2 Å². The van der Waals surface area contributed by atoms with Gasteiger partial charge in [-0.15, -0.1) is 0 Å². The molecule has 0 saturated carbocycles. The lowest BCUT2D eigenvalue weighted by Crippen LogP contribution is -2.39. The van der Waals surface area contributed by atoms with E-state index >= 15 is 0 Å². The molecular weight excluding hydrogens is 316 g/mol. The van der Waals surface area contributed by atoms with E-state index in [4.69, 9.17) is 4.42 Å². The molecule has 2 aliphatic rings. The molecule has 2 amide bonds. The molecule has 1 aliphatic heterocycles. The van der Waals surface area contributed by atoms with Gasteiger partial charge < -0.3 is 14.2 Å². The Morgan fingerprint density at radius 2 is 1.76 bits per heavy atom. The summed E-state index contributed by atoms with van der Waals surface area (Å²) in [5.41, 5.74) is 2.48.